The van der Waals surface area contributed by atoms with E-state index in [2.05, 4.69) is 25.9 Å². The van der Waals surface area contributed by atoms with Crippen LogP contribution in [-0.2, 0) is 4.79 Å². The Morgan fingerprint density at radius 1 is 1.27 bits per heavy atom. The van der Waals surface area contributed by atoms with E-state index < -0.39 is 5.97 Å². The molecule has 92 valence electrons. The number of carboxylic acid groups (broad SMARTS) is 1. The number of carboxylic acids is 1. The van der Waals surface area contributed by atoms with Crippen molar-refractivity contribution in [3.8, 4) is 0 Å². The maximum absolute atomic E-state index is 10.1. The molecule has 0 aliphatic rings. The van der Waals surface area contributed by atoms with E-state index in [9.17, 15) is 4.79 Å². The predicted octanol–water partition coefficient (Wildman–Crippen LogP) is 2.86. The summed E-state index contributed by atoms with van der Waals surface area (Å²) in [7, 11) is 4.21. The molecule has 0 aliphatic carbocycles. The molecule has 0 aliphatic heterocycles. The lowest BCUT2D eigenvalue weighted by molar-refractivity contribution is -0.141. The van der Waals surface area contributed by atoms with Crippen LogP contribution in [0.1, 0.15) is 46.5 Å². The van der Waals surface area contributed by atoms with Crippen molar-refractivity contribution in [2.75, 3.05) is 20.6 Å². The van der Waals surface area contributed by atoms with Crippen molar-refractivity contribution in [3.63, 3.8) is 0 Å². The molecule has 3 nitrogen and oxygen atoms in total. The molecule has 3 heteroatoms. The molecule has 1 unspecified atom stereocenters. The van der Waals surface area contributed by atoms with Crippen molar-refractivity contribution in [1.29, 1.82) is 0 Å². The minimum absolute atomic E-state index is 0.167. The van der Waals surface area contributed by atoms with Crippen LogP contribution >= 0.6 is 0 Å². The minimum atomic E-state index is -0.688. The van der Waals surface area contributed by atoms with Gasteiger partial charge in [0.2, 0.25) is 0 Å². The predicted molar refractivity (Wildman–Crippen MR) is 65.2 cm³/mol. The number of rotatable bonds is 6. The molecule has 0 radical (unpaired) electrons. The molecular formula is C12H27NO2. The molecule has 0 aromatic heterocycles. The second-order valence-electron chi connectivity index (χ2n) is 4.18. The van der Waals surface area contributed by atoms with Crippen LogP contribution in [0.15, 0.2) is 0 Å². The zero-order chi connectivity index (χ0) is 12.3. The number of aliphatic carboxylic acids is 1. The third-order valence-corrected chi connectivity index (χ3v) is 2.10. The molecule has 1 atom stereocenters. The first-order valence-corrected chi connectivity index (χ1v) is 5.83. The number of unbranched alkanes of at least 4 members (excludes halogenated alkanes) is 1. The highest BCUT2D eigenvalue weighted by atomic mass is 16.4. The molecule has 0 saturated heterocycles. The largest absolute Gasteiger partial charge is 0.481 e. The Balaban J connectivity index is 0. The maximum atomic E-state index is 10.1. The van der Waals surface area contributed by atoms with Crippen molar-refractivity contribution >= 4 is 5.97 Å². The molecule has 1 N–H and O–H groups in total. The Bertz CT molecular complexity index is 147. The fraction of sp³-hybridized carbons (Fsp3) is 0.917. The van der Waals surface area contributed by atoms with Gasteiger partial charge in [-0.25, -0.2) is 0 Å². The van der Waals surface area contributed by atoms with Crippen LogP contribution in [0.4, 0.5) is 0 Å². The Hall–Kier alpha value is -0.570. The molecule has 0 saturated carbocycles. The third-order valence-electron chi connectivity index (χ3n) is 2.10. The van der Waals surface area contributed by atoms with E-state index >= 15 is 0 Å². The number of hydrogen-bond donors (Lipinski definition) is 1. The SMILES string of the molecule is CCCC(C)C(=O)O.CCCCN(C)C. The van der Waals surface area contributed by atoms with Gasteiger partial charge >= 0.3 is 5.97 Å². The first kappa shape index (κ1) is 16.8. The van der Waals surface area contributed by atoms with Gasteiger partial charge in [0.25, 0.3) is 0 Å². The topological polar surface area (TPSA) is 40.5 Å². The Morgan fingerprint density at radius 3 is 1.93 bits per heavy atom. The smallest absolute Gasteiger partial charge is 0.306 e. The van der Waals surface area contributed by atoms with Gasteiger partial charge in [-0.1, -0.05) is 33.6 Å². The van der Waals surface area contributed by atoms with Crippen LogP contribution in [0, 0.1) is 5.92 Å². The maximum Gasteiger partial charge on any atom is 0.306 e. The van der Waals surface area contributed by atoms with E-state index in [-0.39, 0.29) is 5.92 Å². The van der Waals surface area contributed by atoms with E-state index in [0.29, 0.717) is 0 Å². The molecule has 0 bridgehead atoms. The fourth-order valence-electron chi connectivity index (χ4n) is 1.03. The Kier molecular flexibility index (Phi) is 12.9. The van der Waals surface area contributed by atoms with Crippen LogP contribution in [0.2, 0.25) is 0 Å². The zero-order valence-electron chi connectivity index (χ0n) is 10.9. The molecule has 0 spiro atoms. The van der Waals surface area contributed by atoms with Gasteiger partial charge in [0.05, 0.1) is 5.92 Å². The zero-order valence-corrected chi connectivity index (χ0v) is 10.9. The number of nitrogens with zero attached hydrogens (tertiary/aromatic N) is 1. The number of hydrogen-bond acceptors (Lipinski definition) is 2. The van der Waals surface area contributed by atoms with Gasteiger partial charge in [0.1, 0.15) is 0 Å². The average molecular weight is 217 g/mol. The van der Waals surface area contributed by atoms with Gasteiger partial charge in [0.15, 0.2) is 0 Å². The van der Waals surface area contributed by atoms with Gasteiger partial charge < -0.3 is 10.0 Å². The van der Waals surface area contributed by atoms with Crippen LogP contribution in [0.3, 0.4) is 0 Å². The molecule has 0 fully saturated rings. The van der Waals surface area contributed by atoms with Gasteiger partial charge in [-0.15, -0.1) is 0 Å². The summed E-state index contributed by atoms with van der Waals surface area (Å²) in [6.45, 7) is 7.16. The molecular weight excluding hydrogens is 190 g/mol. The van der Waals surface area contributed by atoms with E-state index in [0.717, 1.165) is 12.8 Å². The molecule has 0 aromatic carbocycles. The highest BCUT2D eigenvalue weighted by Gasteiger charge is 2.07. The van der Waals surface area contributed by atoms with Crippen LogP contribution < -0.4 is 0 Å². The summed E-state index contributed by atoms with van der Waals surface area (Å²) in [5.41, 5.74) is 0. The van der Waals surface area contributed by atoms with E-state index in [4.69, 9.17) is 5.11 Å². The molecule has 0 heterocycles. The van der Waals surface area contributed by atoms with Crippen LogP contribution in [0.5, 0.6) is 0 Å². The summed E-state index contributed by atoms with van der Waals surface area (Å²) in [5.74, 6) is -0.855. The molecule has 15 heavy (non-hydrogen) atoms. The summed E-state index contributed by atoms with van der Waals surface area (Å²) in [5, 5.41) is 8.31. The van der Waals surface area contributed by atoms with E-state index in [1.54, 1.807) is 6.92 Å². The summed E-state index contributed by atoms with van der Waals surface area (Å²) in [6.07, 6.45) is 4.37. The molecule has 0 amide bonds. The first-order chi connectivity index (χ1) is 6.95. The van der Waals surface area contributed by atoms with Crippen LogP contribution in [-0.4, -0.2) is 36.6 Å². The Labute approximate surface area is 94.5 Å². The summed E-state index contributed by atoms with van der Waals surface area (Å²) in [6, 6.07) is 0. The van der Waals surface area contributed by atoms with E-state index in [1.165, 1.54) is 19.4 Å². The minimum Gasteiger partial charge on any atom is -0.481 e. The second-order valence-corrected chi connectivity index (χ2v) is 4.18. The highest BCUT2D eigenvalue weighted by molar-refractivity contribution is 5.69. The van der Waals surface area contributed by atoms with Gasteiger partial charge in [-0.2, -0.15) is 0 Å². The van der Waals surface area contributed by atoms with Crippen molar-refractivity contribution < 1.29 is 9.90 Å². The lowest BCUT2D eigenvalue weighted by atomic mass is 10.1. The summed E-state index contributed by atoms with van der Waals surface area (Å²) < 4.78 is 0. The standard InChI is InChI=1S/C6H15N.C6H12O2/c1-4-5-6-7(2)3;1-3-4-5(2)6(7)8/h4-6H2,1-3H3;5H,3-4H2,1-2H3,(H,7,8). The fourth-order valence-corrected chi connectivity index (χ4v) is 1.03. The van der Waals surface area contributed by atoms with Gasteiger partial charge in [0, 0.05) is 0 Å². The lowest BCUT2D eigenvalue weighted by Gasteiger charge is -2.05. The van der Waals surface area contributed by atoms with Gasteiger partial charge in [-0.3, -0.25) is 4.79 Å². The average Bonchev–Trinajstić information content (AvgIpc) is 2.16. The lowest BCUT2D eigenvalue weighted by Crippen LogP contribution is -2.12. The summed E-state index contributed by atoms with van der Waals surface area (Å²) >= 11 is 0. The second kappa shape index (κ2) is 11.5. The van der Waals surface area contributed by atoms with Crippen molar-refractivity contribution in [2.24, 2.45) is 5.92 Å². The third kappa shape index (κ3) is 16.1. The molecule has 0 rings (SSSR count). The highest BCUT2D eigenvalue weighted by Crippen LogP contribution is 2.03. The van der Waals surface area contributed by atoms with E-state index in [1.807, 2.05) is 6.92 Å². The first-order valence-electron chi connectivity index (χ1n) is 5.83. The quantitative estimate of drug-likeness (QED) is 0.743. The van der Waals surface area contributed by atoms with Crippen LogP contribution in [0.25, 0.3) is 0 Å². The molecule has 0 aromatic rings. The summed E-state index contributed by atoms with van der Waals surface area (Å²) in [4.78, 5) is 12.3. The Morgan fingerprint density at radius 2 is 1.80 bits per heavy atom. The van der Waals surface area contributed by atoms with Crippen molar-refractivity contribution in [3.05, 3.63) is 0 Å². The van der Waals surface area contributed by atoms with Crippen molar-refractivity contribution in [1.82, 2.24) is 4.90 Å². The van der Waals surface area contributed by atoms with Crippen molar-refractivity contribution in [2.45, 2.75) is 46.5 Å². The monoisotopic (exact) mass is 217 g/mol. The number of carbonyl (C=O) groups is 1. The van der Waals surface area contributed by atoms with Gasteiger partial charge in [-0.05, 0) is 33.5 Å². The normalized spacial score (nSPS) is 11.9.